The predicted octanol–water partition coefficient (Wildman–Crippen LogP) is 2.95. The largest absolute Gasteiger partial charge is 0.366 e. The van der Waals surface area contributed by atoms with Gasteiger partial charge in [-0.1, -0.05) is 31.4 Å². The van der Waals surface area contributed by atoms with Crippen molar-refractivity contribution in [3.63, 3.8) is 0 Å². The van der Waals surface area contributed by atoms with E-state index in [0.29, 0.717) is 42.6 Å². The Balaban J connectivity index is 1.39. The maximum atomic E-state index is 12.9. The zero-order valence-electron chi connectivity index (χ0n) is 20.3. The molecule has 4 rings (SSSR count). The summed E-state index contributed by atoms with van der Waals surface area (Å²) in [5, 5.41) is 0. The van der Waals surface area contributed by atoms with E-state index in [4.69, 9.17) is 5.73 Å². The highest BCUT2D eigenvalue weighted by Gasteiger charge is 2.41. The number of nitrogens with two attached hydrogens (primary N) is 1. The van der Waals surface area contributed by atoms with Crippen molar-refractivity contribution in [1.82, 2.24) is 9.80 Å². The van der Waals surface area contributed by atoms with Gasteiger partial charge in [-0.2, -0.15) is 0 Å². The zero-order valence-corrected chi connectivity index (χ0v) is 21.1. The molecule has 188 valence electrons. The maximum Gasteiger partial charge on any atom is 0.248 e. The molecule has 2 saturated heterocycles. The van der Waals surface area contributed by atoms with Crippen molar-refractivity contribution in [2.24, 2.45) is 11.7 Å². The van der Waals surface area contributed by atoms with Gasteiger partial charge in [-0.3, -0.25) is 14.5 Å². The van der Waals surface area contributed by atoms with Crippen LogP contribution in [0.15, 0.2) is 24.3 Å². The molecule has 8 heteroatoms. The first-order valence-electron chi connectivity index (χ1n) is 12.8. The van der Waals surface area contributed by atoms with Crippen molar-refractivity contribution in [3.8, 4) is 0 Å². The Morgan fingerprint density at radius 3 is 2.35 bits per heavy atom. The van der Waals surface area contributed by atoms with Crippen LogP contribution in [0.1, 0.15) is 79.6 Å². The summed E-state index contributed by atoms with van der Waals surface area (Å²) >= 11 is 0. The second-order valence-electron chi connectivity index (χ2n) is 10.7. The van der Waals surface area contributed by atoms with E-state index in [1.54, 1.807) is 6.07 Å². The number of hydrogen-bond donors (Lipinski definition) is 1. The Morgan fingerprint density at radius 2 is 1.74 bits per heavy atom. The topological polar surface area (TPSA) is 101 Å². The summed E-state index contributed by atoms with van der Waals surface area (Å²) in [6.07, 6.45) is 11.4. The summed E-state index contributed by atoms with van der Waals surface area (Å²) in [6.45, 7) is 2.07. The van der Waals surface area contributed by atoms with Crippen molar-refractivity contribution in [1.29, 1.82) is 0 Å². The number of benzene rings is 1. The molecule has 3 fully saturated rings. The fourth-order valence-corrected chi connectivity index (χ4v) is 7.04. The molecule has 1 aliphatic carbocycles. The van der Waals surface area contributed by atoms with E-state index in [-0.39, 0.29) is 11.8 Å². The number of nitrogens with zero attached hydrogens (tertiary/aromatic N) is 2. The standard InChI is InChI=1S/C26H39N3O4S/c1-34(32,33)18-25(30)28(17-19-6-3-2-4-7-19)12-13-29-23-10-11-24(29)16-22(15-23)20-8-5-9-21(14-20)26(27)31/h5,8-9,14,19,22-24H,2-4,6-7,10-13,15-18H2,1H3,(H2,27,31)/t22-,23+,24-. The van der Waals surface area contributed by atoms with Gasteiger partial charge in [0, 0.05) is 43.5 Å². The molecule has 34 heavy (non-hydrogen) atoms. The lowest BCUT2D eigenvalue weighted by atomic mass is 9.84. The highest BCUT2D eigenvalue weighted by Crippen LogP contribution is 2.43. The molecule has 2 amide bonds. The Bertz CT molecular complexity index is 976. The molecule has 2 bridgehead atoms. The first kappa shape index (κ1) is 25.2. The fourth-order valence-electron chi connectivity index (χ4n) is 6.41. The zero-order chi connectivity index (χ0) is 24.3. The summed E-state index contributed by atoms with van der Waals surface area (Å²) in [7, 11) is -3.35. The Kier molecular flexibility index (Phi) is 7.97. The molecule has 2 heterocycles. The van der Waals surface area contributed by atoms with Crippen molar-refractivity contribution < 1.29 is 18.0 Å². The summed E-state index contributed by atoms with van der Waals surface area (Å²) in [5.41, 5.74) is 7.24. The van der Waals surface area contributed by atoms with Crippen molar-refractivity contribution >= 4 is 21.7 Å². The molecule has 3 aliphatic rings. The Morgan fingerprint density at radius 1 is 1.06 bits per heavy atom. The summed E-state index contributed by atoms with van der Waals surface area (Å²) < 4.78 is 23.6. The first-order chi connectivity index (χ1) is 16.2. The van der Waals surface area contributed by atoms with Crippen LogP contribution < -0.4 is 5.73 Å². The number of rotatable bonds is 9. The van der Waals surface area contributed by atoms with Gasteiger partial charge in [-0.15, -0.1) is 0 Å². The van der Waals surface area contributed by atoms with E-state index < -0.39 is 15.6 Å². The number of carbonyl (C=O) groups is 2. The minimum absolute atomic E-state index is 0.251. The molecule has 0 radical (unpaired) electrons. The van der Waals surface area contributed by atoms with E-state index >= 15 is 0 Å². The molecule has 0 spiro atoms. The lowest BCUT2D eigenvalue weighted by Crippen LogP contribution is -2.48. The van der Waals surface area contributed by atoms with E-state index in [1.165, 1.54) is 24.8 Å². The number of primary amides is 1. The second-order valence-corrected chi connectivity index (χ2v) is 12.8. The van der Waals surface area contributed by atoms with Gasteiger partial charge in [-0.25, -0.2) is 8.42 Å². The van der Waals surface area contributed by atoms with Crippen LogP contribution in [0.4, 0.5) is 0 Å². The minimum atomic E-state index is -3.35. The fraction of sp³-hybridized carbons (Fsp3) is 0.692. The number of amides is 2. The molecule has 0 aromatic heterocycles. The van der Waals surface area contributed by atoms with Gasteiger partial charge in [0.2, 0.25) is 11.8 Å². The summed E-state index contributed by atoms with van der Waals surface area (Å²) in [4.78, 5) is 28.9. The molecule has 3 atom stereocenters. The maximum absolute atomic E-state index is 12.9. The molecule has 1 aromatic rings. The highest BCUT2D eigenvalue weighted by molar-refractivity contribution is 7.91. The normalized spacial score (nSPS) is 25.9. The second kappa shape index (κ2) is 10.8. The predicted molar refractivity (Wildman–Crippen MR) is 133 cm³/mol. The van der Waals surface area contributed by atoms with E-state index in [1.807, 2.05) is 17.0 Å². The first-order valence-corrected chi connectivity index (χ1v) is 14.9. The van der Waals surface area contributed by atoms with Crippen LogP contribution >= 0.6 is 0 Å². The SMILES string of the molecule is CS(=O)(=O)CC(=O)N(CCN1[C@@H]2CC[C@H]1C[C@@H](c1cccc(C(N)=O)c1)C2)CC1CCCCC1. The average molecular weight is 490 g/mol. The van der Waals surface area contributed by atoms with Crippen LogP contribution in [0.2, 0.25) is 0 Å². The summed E-state index contributed by atoms with van der Waals surface area (Å²) in [5.74, 6) is -0.140. The minimum Gasteiger partial charge on any atom is -0.366 e. The van der Waals surface area contributed by atoms with Gasteiger partial charge in [0.05, 0.1) is 0 Å². The van der Waals surface area contributed by atoms with Crippen LogP contribution in [-0.4, -0.2) is 73.8 Å². The molecule has 1 saturated carbocycles. The number of fused-ring (bicyclic) bond motifs is 2. The van der Waals surface area contributed by atoms with Crippen molar-refractivity contribution in [3.05, 3.63) is 35.4 Å². The van der Waals surface area contributed by atoms with Crippen LogP contribution in [0.3, 0.4) is 0 Å². The molecule has 2 aliphatic heterocycles. The Labute approximate surface area is 204 Å². The van der Waals surface area contributed by atoms with E-state index in [0.717, 1.165) is 51.3 Å². The molecular weight excluding hydrogens is 450 g/mol. The quantitative estimate of drug-likeness (QED) is 0.575. The lowest BCUT2D eigenvalue weighted by molar-refractivity contribution is -0.129. The van der Waals surface area contributed by atoms with Gasteiger partial charge in [-0.05, 0) is 68.1 Å². The van der Waals surface area contributed by atoms with E-state index in [2.05, 4.69) is 11.0 Å². The third-order valence-electron chi connectivity index (χ3n) is 8.10. The van der Waals surface area contributed by atoms with Crippen LogP contribution in [0, 0.1) is 5.92 Å². The average Bonchev–Trinajstić information content (AvgIpc) is 3.02. The molecule has 1 aromatic carbocycles. The number of sulfone groups is 1. The highest BCUT2D eigenvalue weighted by atomic mass is 32.2. The van der Waals surface area contributed by atoms with Gasteiger partial charge in [0.1, 0.15) is 5.75 Å². The molecular formula is C26H39N3O4S. The van der Waals surface area contributed by atoms with Gasteiger partial charge in [0.25, 0.3) is 0 Å². The van der Waals surface area contributed by atoms with Crippen LogP contribution in [0.25, 0.3) is 0 Å². The number of carbonyl (C=O) groups excluding carboxylic acids is 2. The van der Waals surface area contributed by atoms with Gasteiger partial charge in [0.15, 0.2) is 9.84 Å². The number of piperidine rings is 1. The molecule has 2 N–H and O–H groups in total. The van der Waals surface area contributed by atoms with Crippen LogP contribution in [-0.2, 0) is 14.6 Å². The third-order valence-corrected chi connectivity index (χ3v) is 8.87. The van der Waals surface area contributed by atoms with Gasteiger partial charge < -0.3 is 10.6 Å². The van der Waals surface area contributed by atoms with Gasteiger partial charge >= 0.3 is 0 Å². The lowest BCUT2D eigenvalue weighted by Gasteiger charge is -2.40. The monoisotopic (exact) mass is 489 g/mol. The Hall–Kier alpha value is -1.93. The summed E-state index contributed by atoms with van der Waals surface area (Å²) in [6, 6.07) is 8.65. The molecule has 7 nitrogen and oxygen atoms in total. The smallest absolute Gasteiger partial charge is 0.248 e. The van der Waals surface area contributed by atoms with Crippen molar-refractivity contribution in [2.75, 3.05) is 31.6 Å². The molecule has 0 unspecified atom stereocenters. The van der Waals surface area contributed by atoms with Crippen LogP contribution in [0.5, 0.6) is 0 Å². The number of hydrogen-bond acceptors (Lipinski definition) is 5. The van der Waals surface area contributed by atoms with E-state index in [9.17, 15) is 18.0 Å². The third kappa shape index (κ3) is 6.39. The van der Waals surface area contributed by atoms with Crippen molar-refractivity contribution in [2.45, 2.75) is 75.8 Å².